The Balaban J connectivity index is 1.85. The number of carbonyl (C=O) groups is 2. The third-order valence-electron chi connectivity index (χ3n) is 11.7. The summed E-state index contributed by atoms with van der Waals surface area (Å²) in [4.78, 5) is 25.8. The van der Waals surface area contributed by atoms with Gasteiger partial charge >= 0.3 is 11.9 Å². The normalized spacial score (nSPS) is 25.9. The Morgan fingerprint density at radius 2 is 0.889 bits per heavy atom. The van der Waals surface area contributed by atoms with Crippen molar-refractivity contribution in [3.8, 4) is 0 Å². The lowest BCUT2D eigenvalue weighted by Crippen LogP contribution is -2.61. The van der Waals surface area contributed by atoms with Crippen LogP contribution in [0.15, 0.2) is 109 Å². The number of esters is 2. The number of hydrogen-bond donors (Lipinski definition) is 7. The van der Waals surface area contributed by atoms with Gasteiger partial charge in [0, 0.05) is 12.8 Å². The number of hydrogen-bond acceptors (Lipinski definition) is 15. The largest absolute Gasteiger partial charge is 0.462 e. The zero-order valence-electron chi connectivity index (χ0n) is 43.1. The molecule has 0 aromatic carbocycles. The molecule has 15 heteroatoms. The predicted molar refractivity (Wildman–Crippen MR) is 279 cm³/mol. The molecule has 0 amide bonds. The van der Waals surface area contributed by atoms with E-state index >= 15 is 0 Å². The molecule has 0 saturated carbocycles. The predicted octanol–water partition coefficient (Wildman–Crippen LogP) is 7.93. The van der Waals surface area contributed by atoms with Crippen molar-refractivity contribution in [2.24, 2.45) is 0 Å². The van der Waals surface area contributed by atoms with Crippen molar-refractivity contribution in [3.05, 3.63) is 109 Å². The Kier molecular flexibility index (Phi) is 37.9. The molecular formula is C57H90O15. The van der Waals surface area contributed by atoms with E-state index in [1.54, 1.807) is 0 Å². The smallest absolute Gasteiger partial charge is 0.306 e. The second-order valence-electron chi connectivity index (χ2n) is 18.0. The molecule has 0 spiro atoms. The molecule has 15 nitrogen and oxygen atoms in total. The molecule has 4 unspecified atom stereocenters. The van der Waals surface area contributed by atoms with Crippen LogP contribution in [0.3, 0.4) is 0 Å². The molecule has 0 aromatic rings. The Labute approximate surface area is 430 Å². The molecule has 2 heterocycles. The highest BCUT2D eigenvalue weighted by molar-refractivity contribution is 5.70. The van der Waals surface area contributed by atoms with Gasteiger partial charge in [-0.05, 0) is 96.3 Å². The van der Waals surface area contributed by atoms with Gasteiger partial charge in [-0.2, -0.15) is 0 Å². The fraction of sp³-hybridized carbons (Fsp3) is 0.649. The number of unbranched alkanes of at least 4 members (excludes halogenated alkanes) is 7. The third-order valence-corrected chi connectivity index (χ3v) is 11.7. The molecule has 11 atom stereocenters. The van der Waals surface area contributed by atoms with E-state index in [2.05, 4.69) is 111 Å². The monoisotopic (exact) mass is 1010 g/mol. The van der Waals surface area contributed by atoms with E-state index in [0.717, 1.165) is 77.0 Å². The van der Waals surface area contributed by atoms with Gasteiger partial charge in [-0.15, -0.1) is 0 Å². The minimum absolute atomic E-state index is 0.0724. The molecule has 0 aromatic heterocycles. The van der Waals surface area contributed by atoms with E-state index in [1.807, 2.05) is 12.2 Å². The molecule has 72 heavy (non-hydrogen) atoms. The molecule has 2 aliphatic rings. The van der Waals surface area contributed by atoms with Crippen LogP contribution in [0.5, 0.6) is 0 Å². The first-order valence-corrected chi connectivity index (χ1v) is 26.5. The highest BCUT2D eigenvalue weighted by atomic mass is 16.7. The Morgan fingerprint density at radius 3 is 1.39 bits per heavy atom. The van der Waals surface area contributed by atoms with Crippen molar-refractivity contribution in [2.75, 3.05) is 26.4 Å². The van der Waals surface area contributed by atoms with Crippen LogP contribution < -0.4 is 0 Å². The van der Waals surface area contributed by atoms with E-state index < -0.39 is 99.3 Å². The maximum atomic E-state index is 13.0. The molecule has 2 fully saturated rings. The number of aliphatic hydroxyl groups is 7. The number of carbonyl (C=O) groups excluding carboxylic acids is 2. The zero-order valence-corrected chi connectivity index (χ0v) is 43.1. The van der Waals surface area contributed by atoms with Gasteiger partial charge in [-0.25, -0.2) is 0 Å². The summed E-state index contributed by atoms with van der Waals surface area (Å²) in [6.45, 7) is 2.33. The van der Waals surface area contributed by atoms with Gasteiger partial charge in [-0.3, -0.25) is 9.59 Å². The molecular weight excluding hydrogens is 925 g/mol. The first kappa shape index (κ1) is 64.3. The molecule has 7 N–H and O–H groups in total. The summed E-state index contributed by atoms with van der Waals surface area (Å²) in [7, 11) is 0. The van der Waals surface area contributed by atoms with Gasteiger partial charge < -0.3 is 64.2 Å². The summed E-state index contributed by atoms with van der Waals surface area (Å²) >= 11 is 0. The zero-order chi connectivity index (χ0) is 52.4. The lowest BCUT2D eigenvalue weighted by atomic mass is 9.98. The summed E-state index contributed by atoms with van der Waals surface area (Å²) < 4.78 is 33.5. The Hall–Kier alpha value is -3.84. The maximum Gasteiger partial charge on any atom is 0.306 e. The first-order chi connectivity index (χ1) is 35.0. The highest BCUT2D eigenvalue weighted by Gasteiger charge is 2.47. The van der Waals surface area contributed by atoms with E-state index in [4.69, 9.17) is 28.4 Å². The summed E-state index contributed by atoms with van der Waals surface area (Å²) in [6, 6.07) is 0. The molecule has 0 aliphatic carbocycles. The second-order valence-corrected chi connectivity index (χ2v) is 18.0. The molecule has 2 rings (SSSR count). The van der Waals surface area contributed by atoms with Gasteiger partial charge in [0.2, 0.25) is 0 Å². The summed E-state index contributed by atoms with van der Waals surface area (Å²) in [5.74, 6) is -1.04. The number of rotatable bonds is 39. The van der Waals surface area contributed by atoms with Crippen LogP contribution >= 0.6 is 0 Å². The Morgan fingerprint density at radius 1 is 0.458 bits per heavy atom. The minimum Gasteiger partial charge on any atom is -0.462 e. The average molecular weight is 1020 g/mol. The van der Waals surface area contributed by atoms with Gasteiger partial charge in [0.25, 0.3) is 0 Å². The lowest BCUT2D eigenvalue weighted by Gasteiger charge is -2.42. The molecule has 2 saturated heterocycles. The van der Waals surface area contributed by atoms with Gasteiger partial charge in [0.15, 0.2) is 18.7 Å². The summed E-state index contributed by atoms with van der Waals surface area (Å²) in [5.41, 5.74) is 0. The van der Waals surface area contributed by atoms with Crippen molar-refractivity contribution < 1.29 is 73.8 Å². The first-order valence-electron chi connectivity index (χ1n) is 26.5. The van der Waals surface area contributed by atoms with Crippen LogP contribution in [0.25, 0.3) is 0 Å². The van der Waals surface area contributed by atoms with Crippen LogP contribution in [0.1, 0.15) is 142 Å². The van der Waals surface area contributed by atoms with Gasteiger partial charge in [-0.1, -0.05) is 142 Å². The average Bonchev–Trinajstić information content (AvgIpc) is 3.37. The highest BCUT2D eigenvalue weighted by Crippen LogP contribution is 2.26. The molecule has 0 radical (unpaired) electrons. The topological polar surface area (TPSA) is 231 Å². The Bertz CT molecular complexity index is 1660. The van der Waals surface area contributed by atoms with E-state index in [-0.39, 0.29) is 19.4 Å². The van der Waals surface area contributed by atoms with Crippen LogP contribution in [-0.4, -0.2) is 142 Å². The second kappa shape index (κ2) is 42.5. The van der Waals surface area contributed by atoms with Crippen LogP contribution in [-0.2, 0) is 38.0 Å². The number of aliphatic hydroxyl groups excluding tert-OH is 7. The van der Waals surface area contributed by atoms with Crippen molar-refractivity contribution in [3.63, 3.8) is 0 Å². The number of ether oxygens (including phenoxy) is 6. The van der Waals surface area contributed by atoms with Crippen molar-refractivity contribution in [1.29, 1.82) is 0 Å². The van der Waals surface area contributed by atoms with Crippen molar-refractivity contribution >= 4 is 11.9 Å². The van der Waals surface area contributed by atoms with E-state index in [9.17, 15) is 45.3 Å². The van der Waals surface area contributed by atoms with E-state index in [1.165, 1.54) is 19.3 Å². The third kappa shape index (κ3) is 29.8. The quantitative estimate of drug-likeness (QED) is 0.0176. The van der Waals surface area contributed by atoms with E-state index in [0.29, 0.717) is 19.3 Å². The standard InChI is InChI=1S/C57H90O15/c1-3-5-7-9-11-13-15-17-19-21-22-24-25-27-29-31-33-35-37-39-48(59)67-42-45(70-49(60)40-38-36-34-32-30-28-26-23-20-18-16-14-12-10-8-6-4-2)43-68-56-55(66)53(64)51(62)47(72-56)44-69-57-54(65)52(63)50(61)46(41-58)71-57/h6,8,11-14,17-20,22,24,26-29,32,34,45-47,50-58,61-66H,3-5,7,9-10,15-16,21,23,25,30-31,33,35-44H2,1-2H3/b8-6+,13-11+,14-12+,19-17+,20-18+,24-22+,28-26+,29-27+,34-32+/t45-,46+,47+,50-,51-,52?,53?,54?,55?,56+,57+/m0/s1. The van der Waals surface area contributed by atoms with Crippen molar-refractivity contribution in [2.45, 2.75) is 210 Å². The summed E-state index contributed by atoms with van der Waals surface area (Å²) in [5, 5.41) is 72.1. The number of allylic oxidation sites excluding steroid dienone is 18. The molecule has 2 aliphatic heterocycles. The SMILES string of the molecule is CC/C=C/C/C=C/C/C=C/C/C=C/C/C=C/CCCC(=O)O[C@@H](COC(=O)CCCCC/C=C/C/C=C/C/C=C/C/C=C/CCCCC)CO[C@@H]1O[C@H](CO[C@@H]2O[C@H](CO)[C@H](O)C(O)C2O)[C@H](O)C(O)C1O. The van der Waals surface area contributed by atoms with Crippen LogP contribution in [0.4, 0.5) is 0 Å². The van der Waals surface area contributed by atoms with Crippen LogP contribution in [0, 0.1) is 0 Å². The van der Waals surface area contributed by atoms with Gasteiger partial charge in [0.1, 0.15) is 55.4 Å². The minimum atomic E-state index is -1.79. The maximum absolute atomic E-state index is 13.0. The van der Waals surface area contributed by atoms with Gasteiger partial charge in [0.05, 0.1) is 19.8 Å². The fourth-order valence-electron chi connectivity index (χ4n) is 7.41. The molecule has 408 valence electrons. The lowest BCUT2D eigenvalue weighted by molar-refractivity contribution is -0.332. The van der Waals surface area contributed by atoms with Crippen molar-refractivity contribution in [1.82, 2.24) is 0 Å². The molecule has 0 bridgehead atoms. The summed E-state index contributed by atoms with van der Waals surface area (Å²) in [6.07, 6.45) is 38.3. The van der Waals surface area contributed by atoms with Crippen LogP contribution in [0.2, 0.25) is 0 Å². The fourth-order valence-corrected chi connectivity index (χ4v) is 7.41.